The maximum atomic E-state index is 13.8. The number of thioether (sulfide) groups is 1. The molecule has 0 saturated carbocycles. The van der Waals surface area contributed by atoms with Crippen LogP contribution < -0.4 is 10.2 Å². The van der Waals surface area contributed by atoms with Crippen LogP contribution in [0.3, 0.4) is 0 Å². The summed E-state index contributed by atoms with van der Waals surface area (Å²) in [4.78, 5) is 2.07. The lowest BCUT2D eigenvalue weighted by molar-refractivity contribution is -0.697. The number of aromatic nitrogens is 2. The van der Waals surface area contributed by atoms with Gasteiger partial charge in [-0.25, -0.2) is 4.39 Å². The number of nitrogens with two attached hydrogens (primary N) is 1. The van der Waals surface area contributed by atoms with Gasteiger partial charge in [-0.05, 0) is 36.4 Å². The average molecular weight is 401 g/mol. The zero-order valence-electron chi connectivity index (χ0n) is 15.7. The van der Waals surface area contributed by atoms with Crippen molar-refractivity contribution in [2.24, 2.45) is 0 Å². The normalized spacial score (nSPS) is 19.1. The van der Waals surface area contributed by atoms with Gasteiger partial charge in [-0.2, -0.15) is 0 Å². The Balaban J connectivity index is 1.32. The molecule has 1 aliphatic rings. The Morgan fingerprint density at radius 1 is 1.14 bits per heavy atom. The van der Waals surface area contributed by atoms with Crippen LogP contribution in [0.5, 0.6) is 0 Å². The molecule has 1 aliphatic heterocycles. The van der Waals surface area contributed by atoms with Crippen LogP contribution in [0.1, 0.15) is 11.8 Å². The molecule has 1 saturated heterocycles. The number of hydrogen-bond donors (Lipinski definition) is 1. The van der Waals surface area contributed by atoms with Crippen LogP contribution in [0.4, 0.5) is 10.1 Å². The molecule has 4 rings (SSSR count). The monoisotopic (exact) mass is 401 g/mol. The fourth-order valence-electron chi connectivity index (χ4n) is 3.05. The Bertz CT molecular complexity index is 932. The molecule has 0 amide bonds. The van der Waals surface area contributed by atoms with E-state index in [-0.39, 0.29) is 24.0 Å². The average Bonchev–Trinajstić information content (AvgIpc) is 3.36. The lowest BCUT2D eigenvalue weighted by Crippen LogP contribution is -2.82. The first-order valence-corrected chi connectivity index (χ1v) is 10.1. The summed E-state index contributed by atoms with van der Waals surface area (Å²) in [5.41, 5.74) is 2.63. The molecule has 2 N–H and O–H groups in total. The van der Waals surface area contributed by atoms with Crippen LogP contribution in [0.25, 0.3) is 11.5 Å². The van der Waals surface area contributed by atoms with Crippen LogP contribution in [0.2, 0.25) is 0 Å². The van der Waals surface area contributed by atoms with Crippen LogP contribution >= 0.6 is 11.8 Å². The predicted molar refractivity (Wildman–Crippen MR) is 106 cm³/mol. The maximum Gasteiger partial charge on any atom is 0.276 e. The van der Waals surface area contributed by atoms with Crippen molar-refractivity contribution in [3.63, 3.8) is 0 Å². The minimum Gasteiger partial charge on any atom is -0.411 e. The third kappa shape index (κ3) is 4.19. The lowest BCUT2D eigenvalue weighted by atomic mass is 10.2. The van der Waals surface area contributed by atoms with E-state index < -0.39 is 0 Å². The molecule has 0 aliphatic carbocycles. The van der Waals surface area contributed by atoms with E-state index in [1.165, 1.54) is 17.8 Å². The van der Waals surface area contributed by atoms with E-state index in [2.05, 4.69) is 44.7 Å². The highest BCUT2D eigenvalue weighted by atomic mass is 32.2. The van der Waals surface area contributed by atoms with Gasteiger partial charge in [0.15, 0.2) is 0 Å². The van der Waals surface area contributed by atoms with Gasteiger partial charge in [0, 0.05) is 31.1 Å². The lowest BCUT2D eigenvalue weighted by Gasteiger charge is -2.14. The van der Waals surface area contributed by atoms with Gasteiger partial charge in [0.25, 0.3) is 11.1 Å². The number of quaternary nitrogens is 1. The van der Waals surface area contributed by atoms with Crippen LogP contribution in [-0.4, -0.2) is 42.7 Å². The minimum atomic E-state index is -0.375. The molecule has 0 unspecified atom stereocenters. The van der Waals surface area contributed by atoms with Crippen LogP contribution in [-0.2, 0) is 4.74 Å². The molecular weight excluding hydrogens is 379 g/mol. The summed E-state index contributed by atoms with van der Waals surface area (Å²) in [5.74, 6) is 0.514. The molecule has 6 nitrogen and oxygen atoms in total. The topological polar surface area (TPSA) is 68.0 Å². The molecule has 8 heteroatoms. The predicted octanol–water partition coefficient (Wildman–Crippen LogP) is 2.69. The van der Waals surface area contributed by atoms with E-state index in [0.29, 0.717) is 16.5 Å². The highest BCUT2D eigenvalue weighted by Gasteiger charge is 2.30. The Labute approximate surface area is 167 Å². The summed E-state index contributed by atoms with van der Waals surface area (Å²) < 4.78 is 25.6. The number of anilines is 1. The molecule has 2 atom stereocenters. The van der Waals surface area contributed by atoms with E-state index in [1.54, 1.807) is 18.2 Å². The van der Waals surface area contributed by atoms with Gasteiger partial charge in [0.1, 0.15) is 18.5 Å². The van der Waals surface area contributed by atoms with Crippen molar-refractivity contribution in [3.05, 3.63) is 59.9 Å². The molecule has 3 aromatic rings. The summed E-state index contributed by atoms with van der Waals surface area (Å²) in [6, 6.07) is 14.8. The van der Waals surface area contributed by atoms with Crippen molar-refractivity contribution in [2.75, 3.05) is 31.3 Å². The first kappa shape index (κ1) is 18.9. The maximum absolute atomic E-state index is 13.8. The van der Waals surface area contributed by atoms with E-state index in [4.69, 9.17) is 9.15 Å². The summed E-state index contributed by atoms with van der Waals surface area (Å²) in [7, 11) is 4.05. The molecule has 0 radical (unpaired) electrons. The quantitative estimate of drug-likeness (QED) is 0.641. The molecule has 2 heterocycles. The van der Waals surface area contributed by atoms with E-state index in [1.807, 2.05) is 14.1 Å². The third-order valence-corrected chi connectivity index (χ3v) is 5.54. The highest BCUT2D eigenvalue weighted by molar-refractivity contribution is 7.99. The summed E-state index contributed by atoms with van der Waals surface area (Å²) in [6.45, 7) is 0.863. The molecule has 28 heavy (non-hydrogen) atoms. The summed E-state index contributed by atoms with van der Waals surface area (Å²) in [5, 5.41) is 10.6. The van der Waals surface area contributed by atoms with Gasteiger partial charge in [0.05, 0.1) is 5.56 Å². The van der Waals surface area contributed by atoms with Crippen LogP contribution in [0, 0.1) is 5.82 Å². The zero-order valence-corrected chi connectivity index (χ0v) is 16.5. The fourth-order valence-corrected chi connectivity index (χ4v) is 3.83. The number of ether oxygens (including phenoxy) is 1. The minimum absolute atomic E-state index is 0.00141. The standard InChI is InChI=1S/C20H21FN4O2S/c1-25(2)14-9-7-13(8-10-14)18-22-11-15(26-18)12-28-20-24-23-19(27-20)16-5-3-4-6-17(16)21/h3-10,15,18,22H,11-12H2,1-2H3/p+1/t15-,18+/m0/s1. The fraction of sp³-hybridized carbons (Fsp3) is 0.300. The van der Waals surface area contributed by atoms with Gasteiger partial charge in [0.2, 0.25) is 6.23 Å². The molecule has 1 aromatic heterocycles. The second-order valence-electron chi connectivity index (χ2n) is 6.80. The van der Waals surface area contributed by atoms with Crippen molar-refractivity contribution in [3.8, 4) is 11.5 Å². The Kier molecular flexibility index (Phi) is 5.61. The first-order valence-electron chi connectivity index (χ1n) is 9.07. The van der Waals surface area contributed by atoms with Gasteiger partial charge >= 0.3 is 0 Å². The smallest absolute Gasteiger partial charge is 0.276 e. The second-order valence-corrected chi connectivity index (χ2v) is 7.77. The molecule has 0 bridgehead atoms. The van der Waals surface area contributed by atoms with Crippen molar-refractivity contribution in [1.82, 2.24) is 10.2 Å². The van der Waals surface area contributed by atoms with Gasteiger partial charge in [-0.1, -0.05) is 23.9 Å². The number of benzene rings is 2. The molecule has 2 aromatic carbocycles. The van der Waals surface area contributed by atoms with Crippen molar-refractivity contribution in [1.29, 1.82) is 0 Å². The number of nitrogens with zero attached hydrogens (tertiary/aromatic N) is 3. The first-order chi connectivity index (χ1) is 13.6. The summed E-state index contributed by atoms with van der Waals surface area (Å²) >= 11 is 1.43. The van der Waals surface area contributed by atoms with Crippen molar-refractivity contribution in [2.45, 2.75) is 17.6 Å². The van der Waals surface area contributed by atoms with Gasteiger partial charge in [-0.15, -0.1) is 10.2 Å². The number of rotatable bonds is 6. The summed E-state index contributed by atoms with van der Waals surface area (Å²) in [6.07, 6.45) is 0.0748. The molecular formula is C20H22FN4O2S+. The highest BCUT2D eigenvalue weighted by Crippen LogP contribution is 2.27. The Hall–Kier alpha value is -2.42. The Morgan fingerprint density at radius 2 is 1.93 bits per heavy atom. The largest absolute Gasteiger partial charge is 0.411 e. The van der Waals surface area contributed by atoms with Crippen molar-refractivity contribution >= 4 is 17.4 Å². The Morgan fingerprint density at radius 3 is 2.68 bits per heavy atom. The molecule has 146 valence electrons. The third-order valence-electron chi connectivity index (χ3n) is 4.59. The van der Waals surface area contributed by atoms with Gasteiger partial charge in [-0.3, -0.25) is 0 Å². The van der Waals surface area contributed by atoms with Crippen molar-refractivity contribution < 1.29 is 18.9 Å². The molecule has 1 fully saturated rings. The van der Waals surface area contributed by atoms with E-state index >= 15 is 0 Å². The number of halogens is 1. The number of hydrogen-bond acceptors (Lipinski definition) is 6. The van der Waals surface area contributed by atoms with E-state index in [9.17, 15) is 4.39 Å². The molecule has 0 spiro atoms. The van der Waals surface area contributed by atoms with E-state index in [0.717, 1.165) is 17.8 Å². The SMILES string of the molecule is CN(C)c1ccc([C@@H]2[NH2+]C[C@@H](CSc3nnc(-c4ccccc4F)o3)O2)cc1. The van der Waals surface area contributed by atoms with Crippen LogP contribution in [0.15, 0.2) is 58.2 Å². The second kappa shape index (κ2) is 8.30. The van der Waals surface area contributed by atoms with Gasteiger partial charge < -0.3 is 19.4 Å². The zero-order chi connectivity index (χ0) is 19.5.